The Kier molecular flexibility index (Phi) is 3.72. The van der Waals surface area contributed by atoms with Gasteiger partial charge in [-0.25, -0.2) is 0 Å². The summed E-state index contributed by atoms with van der Waals surface area (Å²) in [7, 11) is 0. The Morgan fingerprint density at radius 1 is 0.522 bits per heavy atom. The predicted octanol–water partition coefficient (Wildman–Crippen LogP) is 6.94. The number of halogens is 1. The maximum Gasteiger partial charge on any atom is 0.0187 e. The zero-order valence-corrected chi connectivity index (χ0v) is 14.1. The number of rotatable bonds is 2. The van der Waals surface area contributed by atoms with Crippen molar-refractivity contribution in [3.8, 4) is 22.3 Å². The lowest BCUT2D eigenvalue weighted by molar-refractivity contribution is 1.58. The van der Waals surface area contributed by atoms with Gasteiger partial charge in [0.05, 0.1) is 0 Å². The highest BCUT2D eigenvalue weighted by atomic mass is 79.9. The molecule has 0 saturated carbocycles. The van der Waals surface area contributed by atoms with Crippen molar-refractivity contribution in [2.24, 2.45) is 0 Å². The maximum absolute atomic E-state index is 3.67. The number of hydrogen-bond donors (Lipinski definition) is 0. The minimum absolute atomic E-state index is 1.10. The Morgan fingerprint density at radius 2 is 1.22 bits per heavy atom. The molecule has 1 heteroatoms. The Bertz CT molecular complexity index is 966. The molecule has 0 saturated heterocycles. The largest absolute Gasteiger partial charge is 0.0622 e. The molecule has 4 rings (SSSR count). The Balaban J connectivity index is 1.94. The monoisotopic (exact) mass is 358 g/mol. The molecule has 0 spiro atoms. The van der Waals surface area contributed by atoms with Gasteiger partial charge in [0.15, 0.2) is 0 Å². The van der Waals surface area contributed by atoms with Crippen molar-refractivity contribution in [3.05, 3.63) is 95.5 Å². The first-order chi connectivity index (χ1) is 11.3. The van der Waals surface area contributed by atoms with Crippen LogP contribution in [0.3, 0.4) is 0 Å². The molecule has 4 aromatic rings. The number of hydrogen-bond acceptors (Lipinski definition) is 0. The van der Waals surface area contributed by atoms with Crippen molar-refractivity contribution in [2.75, 3.05) is 0 Å². The zero-order valence-electron chi connectivity index (χ0n) is 12.5. The zero-order chi connectivity index (χ0) is 15.6. The minimum atomic E-state index is 1.10. The summed E-state index contributed by atoms with van der Waals surface area (Å²) in [5.41, 5.74) is 4.95. The highest BCUT2D eigenvalue weighted by molar-refractivity contribution is 9.10. The van der Waals surface area contributed by atoms with Gasteiger partial charge in [-0.3, -0.25) is 0 Å². The summed E-state index contributed by atoms with van der Waals surface area (Å²) < 4.78 is 1.10. The van der Waals surface area contributed by atoms with Crippen molar-refractivity contribution < 1.29 is 0 Å². The van der Waals surface area contributed by atoms with Gasteiger partial charge < -0.3 is 0 Å². The summed E-state index contributed by atoms with van der Waals surface area (Å²) >= 11 is 3.67. The lowest BCUT2D eigenvalue weighted by Gasteiger charge is -2.10. The van der Waals surface area contributed by atoms with Crippen LogP contribution < -0.4 is 0 Å². The van der Waals surface area contributed by atoms with E-state index in [2.05, 4.69) is 101 Å². The van der Waals surface area contributed by atoms with Gasteiger partial charge in [0.1, 0.15) is 0 Å². The minimum Gasteiger partial charge on any atom is -0.0622 e. The Hall–Kier alpha value is -2.38. The fraction of sp³-hybridized carbons (Fsp3) is 0. The molecule has 0 amide bonds. The SMILES string of the molecule is Brc1cc(-c2ccccc2)cc(-c2cccc3ccccc23)c1. The number of benzene rings is 4. The van der Waals surface area contributed by atoms with E-state index in [9.17, 15) is 0 Å². The normalized spacial score (nSPS) is 10.8. The van der Waals surface area contributed by atoms with E-state index in [1.54, 1.807) is 0 Å². The molecule has 0 heterocycles. The van der Waals surface area contributed by atoms with Crippen LogP contribution in [0.15, 0.2) is 95.5 Å². The van der Waals surface area contributed by atoms with Gasteiger partial charge in [-0.15, -0.1) is 0 Å². The van der Waals surface area contributed by atoms with E-state index in [0.717, 1.165) is 4.47 Å². The van der Waals surface area contributed by atoms with E-state index in [-0.39, 0.29) is 0 Å². The van der Waals surface area contributed by atoms with Gasteiger partial charge in [-0.05, 0) is 51.2 Å². The topological polar surface area (TPSA) is 0 Å². The molecule has 4 aromatic carbocycles. The summed E-state index contributed by atoms with van der Waals surface area (Å²) in [4.78, 5) is 0. The van der Waals surface area contributed by atoms with Crippen molar-refractivity contribution in [1.29, 1.82) is 0 Å². The van der Waals surface area contributed by atoms with Crippen molar-refractivity contribution in [2.45, 2.75) is 0 Å². The molecule has 0 radical (unpaired) electrons. The molecule has 110 valence electrons. The van der Waals surface area contributed by atoms with Crippen molar-refractivity contribution in [3.63, 3.8) is 0 Å². The van der Waals surface area contributed by atoms with Gasteiger partial charge in [-0.2, -0.15) is 0 Å². The number of fused-ring (bicyclic) bond motifs is 1. The van der Waals surface area contributed by atoms with Gasteiger partial charge in [0, 0.05) is 4.47 Å². The molecule has 0 aromatic heterocycles. The van der Waals surface area contributed by atoms with Crippen LogP contribution >= 0.6 is 15.9 Å². The Labute approximate surface area is 144 Å². The van der Waals surface area contributed by atoms with E-state index in [4.69, 9.17) is 0 Å². The molecule has 0 nitrogen and oxygen atoms in total. The second kappa shape index (κ2) is 6.02. The third kappa shape index (κ3) is 2.80. The van der Waals surface area contributed by atoms with E-state index in [1.165, 1.54) is 33.0 Å². The van der Waals surface area contributed by atoms with Crippen molar-refractivity contribution in [1.82, 2.24) is 0 Å². The van der Waals surface area contributed by atoms with Crippen molar-refractivity contribution >= 4 is 26.7 Å². The summed E-state index contributed by atoms with van der Waals surface area (Å²) in [6.07, 6.45) is 0. The van der Waals surface area contributed by atoms with Crippen LogP contribution in [0.25, 0.3) is 33.0 Å². The molecule has 0 atom stereocenters. The highest BCUT2D eigenvalue weighted by Gasteiger charge is 2.07. The van der Waals surface area contributed by atoms with E-state index in [0.29, 0.717) is 0 Å². The summed E-state index contributed by atoms with van der Waals surface area (Å²) in [6, 6.07) is 32.1. The lowest BCUT2D eigenvalue weighted by Crippen LogP contribution is -1.84. The smallest absolute Gasteiger partial charge is 0.0187 e. The second-order valence-corrected chi connectivity index (χ2v) is 6.54. The van der Waals surface area contributed by atoms with Gasteiger partial charge in [-0.1, -0.05) is 88.7 Å². The first-order valence-corrected chi connectivity index (χ1v) is 8.45. The van der Waals surface area contributed by atoms with Crippen LogP contribution in [0.4, 0.5) is 0 Å². The lowest BCUT2D eigenvalue weighted by atomic mass is 9.95. The van der Waals surface area contributed by atoms with Crippen LogP contribution in [0.2, 0.25) is 0 Å². The van der Waals surface area contributed by atoms with Crippen LogP contribution in [-0.2, 0) is 0 Å². The molecule has 0 aliphatic carbocycles. The van der Waals surface area contributed by atoms with Gasteiger partial charge in [0.25, 0.3) is 0 Å². The first kappa shape index (κ1) is 14.2. The molecule has 0 bridgehead atoms. The average Bonchev–Trinajstić information content (AvgIpc) is 2.61. The quantitative estimate of drug-likeness (QED) is 0.364. The third-order valence-electron chi connectivity index (χ3n) is 4.11. The van der Waals surface area contributed by atoms with Gasteiger partial charge in [0.2, 0.25) is 0 Å². The van der Waals surface area contributed by atoms with E-state index >= 15 is 0 Å². The third-order valence-corrected chi connectivity index (χ3v) is 4.56. The molecular weight excluding hydrogens is 344 g/mol. The van der Waals surface area contributed by atoms with E-state index in [1.807, 2.05) is 6.07 Å². The van der Waals surface area contributed by atoms with Crippen LogP contribution in [-0.4, -0.2) is 0 Å². The van der Waals surface area contributed by atoms with Crippen LogP contribution in [0.5, 0.6) is 0 Å². The highest BCUT2D eigenvalue weighted by Crippen LogP contribution is 2.34. The fourth-order valence-corrected chi connectivity index (χ4v) is 3.51. The first-order valence-electron chi connectivity index (χ1n) is 7.65. The van der Waals surface area contributed by atoms with E-state index < -0.39 is 0 Å². The van der Waals surface area contributed by atoms with Crippen LogP contribution in [0, 0.1) is 0 Å². The summed E-state index contributed by atoms with van der Waals surface area (Å²) in [5, 5.41) is 2.55. The summed E-state index contributed by atoms with van der Waals surface area (Å²) in [5.74, 6) is 0. The Morgan fingerprint density at radius 3 is 2.09 bits per heavy atom. The molecule has 0 fully saturated rings. The fourth-order valence-electron chi connectivity index (χ4n) is 3.02. The molecule has 0 aliphatic heterocycles. The maximum atomic E-state index is 3.67. The second-order valence-electron chi connectivity index (χ2n) is 5.62. The van der Waals surface area contributed by atoms with Gasteiger partial charge >= 0.3 is 0 Å². The molecule has 0 unspecified atom stereocenters. The molecule has 0 N–H and O–H groups in total. The molecule has 23 heavy (non-hydrogen) atoms. The summed E-state index contributed by atoms with van der Waals surface area (Å²) in [6.45, 7) is 0. The molecular formula is C22H15Br. The standard InChI is InChI=1S/C22H15Br/c23-20-14-18(16-7-2-1-3-8-16)13-19(15-20)22-12-6-10-17-9-4-5-11-21(17)22/h1-15H. The predicted molar refractivity (Wildman–Crippen MR) is 103 cm³/mol. The molecule has 0 aliphatic rings. The van der Waals surface area contributed by atoms with Crippen LogP contribution in [0.1, 0.15) is 0 Å². The average molecular weight is 359 g/mol.